The summed E-state index contributed by atoms with van der Waals surface area (Å²) in [7, 11) is 3.17. The van der Waals surface area contributed by atoms with E-state index in [1.54, 1.807) is 32.4 Å². The second kappa shape index (κ2) is 9.00. The Morgan fingerprint density at radius 1 is 1.29 bits per heavy atom. The van der Waals surface area contributed by atoms with Gasteiger partial charge in [-0.1, -0.05) is 12.8 Å². The molecule has 0 saturated heterocycles. The molecule has 0 aliphatic heterocycles. The van der Waals surface area contributed by atoms with E-state index in [0.29, 0.717) is 36.2 Å². The van der Waals surface area contributed by atoms with Crippen LogP contribution in [-0.2, 0) is 4.79 Å². The van der Waals surface area contributed by atoms with Gasteiger partial charge in [0.15, 0.2) is 5.96 Å². The quantitative estimate of drug-likeness (QED) is 0.522. The fourth-order valence-electron chi connectivity index (χ4n) is 2.74. The van der Waals surface area contributed by atoms with Crippen molar-refractivity contribution in [3.63, 3.8) is 0 Å². The Labute approximate surface area is 142 Å². The van der Waals surface area contributed by atoms with E-state index in [4.69, 9.17) is 15.2 Å². The minimum Gasteiger partial charge on any atom is -0.497 e. The monoisotopic (exact) mass is 334 g/mol. The van der Waals surface area contributed by atoms with Gasteiger partial charge in [0.05, 0.1) is 26.5 Å². The van der Waals surface area contributed by atoms with Crippen molar-refractivity contribution in [1.29, 1.82) is 0 Å². The molecule has 0 bridgehead atoms. The topological polar surface area (TPSA) is 98.0 Å². The Bertz CT molecular complexity index is 583. The summed E-state index contributed by atoms with van der Waals surface area (Å²) in [5, 5.41) is 6.00. The molecule has 1 fully saturated rings. The Hall–Kier alpha value is -2.44. The van der Waals surface area contributed by atoms with Gasteiger partial charge in [-0.05, 0) is 25.0 Å². The number of nitrogens with zero attached hydrogens (tertiary/aromatic N) is 1. The summed E-state index contributed by atoms with van der Waals surface area (Å²) >= 11 is 0. The van der Waals surface area contributed by atoms with Crippen LogP contribution in [0.25, 0.3) is 0 Å². The molecule has 1 aromatic carbocycles. The van der Waals surface area contributed by atoms with Crippen LogP contribution in [0, 0.1) is 0 Å². The zero-order valence-corrected chi connectivity index (χ0v) is 14.3. The summed E-state index contributed by atoms with van der Waals surface area (Å²) in [6, 6.07) is 5.68. The van der Waals surface area contributed by atoms with E-state index >= 15 is 0 Å². The van der Waals surface area contributed by atoms with Crippen molar-refractivity contribution in [2.75, 3.05) is 26.1 Å². The van der Waals surface area contributed by atoms with Crippen LogP contribution >= 0.6 is 0 Å². The van der Waals surface area contributed by atoms with Gasteiger partial charge in [-0.25, -0.2) is 0 Å². The predicted molar refractivity (Wildman–Crippen MR) is 94.7 cm³/mol. The molecule has 0 unspecified atom stereocenters. The van der Waals surface area contributed by atoms with E-state index < -0.39 is 0 Å². The molecular weight excluding hydrogens is 308 g/mol. The third-order valence-corrected chi connectivity index (χ3v) is 4.01. The lowest BCUT2D eigenvalue weighted by molar-refractivity contribution is -0.121. The lowest BCUT2D eigenvalue weighted by Gasteiger charge is -2.12. The number of benzene rings is 1. The number of ether oxygens (including phenoxy) is 2. The molecule has 1 saturated carbocycles. The number of nitrogens with one attached hydrogen (secondary N) is 2. The van der Waals surface area contributed by atoms with Crippen molar-refractivity contribution < 1.29 is 14.3 Å². The van der Waals surface area contributed by atoms with Gasteiger partial charge in [0.1, 0.15) is 11.5 Å². The maximum absolute atomic E-state index is 11.8. The van der Waals surface area contributed by atoms with Crippen LogP contribution in [0.2, 0.25) is 0 Å². The fourth-order valence-corrected chi connectivity index (χ4v) is 2.74. The van der Waals surface area contributed by atoms with Crippen LogP contribution in [0.3, 0.4) is 0 Å². The fraction of sp³-hybridized carbons (Fsp3) is 0.529. The van der Waals surface area contributed by atoms with Crippen LogP contribution in [-0.4, -0.2) is 38.7 Å². The zero-order valence-electron chi connectivity index (χ0n) is 14.3. The van der Waals surface area contributed by atoms with Crippen molar-refractivity contribution in [3.8, 4) is 11.5 Å². The number of nitrogens with two attached hydrogens (primary N) is 1. The number of anilines is 1. The molecule has 1 aliphatic carbocycles. The normalized spacial score (nSPS) is 15.2. The first-order valence-corrected chi connectivity index (χ1v) is 8.20. The molecule has 4 N–H and O–H groups in total. The van der Waals surface area contributed by atoms with E-state index in [1.165, 1.54) is 12.8 Å². The van der Waals surface area contributed by atoms with Gasteiger partial charge in [-0.2, -0.15) is 0 Å². The summed E-state index contributed by atoms with van der Waals surface area (Å²) in [6.07, 6.45) is 4.88. The number of amides is 1. The van der Waals surface area contributed by atoms with E-state index in [1.807, 2.05) is 0 Å². The first kappa shape index (κ1) is 17.9. The third-order valence-electron chi connectivity index (χ3n) is 4.01. The second-order valence-corrected chi connectivity index (χ2v) is 5.76. The number of aliphatic imine (C=N–C) groups is 1. The number of guanidine groups is 1. The van der Waals surface area contributed by atoms with Crippen molar-refractivity contribution in [2.45, 2.75) is 38.1 Å². The largest absolute Gasteiger partial charge is 0.497 e. The average molecular weight is 334 g/mol. The lowest BCUT2D eigenvalue weighted by atomic mass is 10.2. The number of hydrogen-bond acceptors (Lipinski definition) is 4. The minimum atomic E-state index is 0.0254. The standard InChI is InChI=1S/C17H26N4O3/c1-23-13-7-8-15(24-2)14(11-13)21-17(18)19-10-9-16(22)20-12-5-3-4-6-12/h7-8,11-12H,3-6,9-10H2,1-2H3,(H,20,22)(H3,18,19,21). The first-order valence-electron chi connectivity index (χ1n) is 8.20. The molecule has 0 spiro atoms. The van der Waals surface area contributed by atoms with Crippen molar-refractivity contribution in [1.82, 2.24) is 5.32 Å². The number of hydrogen-bond donors (Lipinski definition) is 3. The minimum absolute atomic E-state index is 0.0254. The van der Waals surface area contributed by atoms with E-state index in [-0.39, 0.29) is 11.9 Å². The van der Waals surface area contributed by atoms with Gasteiger partial charge < -0.3 is 25.8 Å². The Balaban J connectivity index is 1.83. The average Bonchev–Trinajstić information content (AvgIpc) is 3.07. The van der Waals surface area contributed by atoms with Gasteiger partial charge in [-0.3, -0.25) is 9.79 Å². The molecule has 7 heteroatoms. The smallest absolute Gasteiger partial charge is 0.222 e. The highest BCUT2D eigenvalue weighted by atomic mass is 16.5. The highest BCUT2D eigenvalue weighted by Gasteiger charge is 2.16. The number of rotatable bonds is 7. The molecule has 0 aromatic heterocycles. The molecular formula is C17H26N4O3. The van der Waals surface area contributed by atoms with Crippen LogP contribution < -0.4 is 25.8 Å². The number of carbonyl (C=O) groups excluding carboxylic acids is 1. The predicted octanol–water partition coefficient (Wildman–Crippen LogP) is 1.88. The third kappa shape index (κ3) is 5.33. The molecule has 1 amide bonds. The summed E-state index contributed by atoms with van der Waals surface area (Å²) in [4.78, 5) is 16.0. The number of carbonyl (C=O) groups is 1. The van der Waals surface area contributed by atoms with Gasteiger partial charge in [0.25, 0.3) is 0 Å². The molecule has 0 heterocycles. The van der Waals surface area contributed by atoms with Crippen LogP contribution in [0.4, 0.5) is 5.69 Å². The maximum atomic E-state index is 11.8. The summed E-state index contributed by atoms with van der Waals surface area (Å²) in [6.45, 7) is 0.337. The molecule has 2 rings (SSSR count). The molecule has 7 nitrogen and oxygen atoms in total. The first-order chi connectivity index (χ1) is 11.6. The van der Waals surface area contributed by atoms with E-state index in [0.717, 1.165) is 12.8 Å². The highest BCUT2D eigenvalue weighted by molar-refractivity contribution is 5.94. The highest BCUT2D eigenvalue weighted by Crippen LogP contribution is 2.28. The maximum Gasteiger partial charge on any atom is 0.222 e. The van der Waals surface area contributed by atoms with Gasteiger partial charge in [0.2, 0.25) is 5.91 Å². The summed E-state index contributed by atoms with van der Waals surface area (Å²) < 4.78 is 10.5. The van der Waals surface area contributed by atoms with E-state index in [9.17, 15) is 4.79 Å². The summed E-state index contributed by atoms with van der Waals surface area (Å²) in [5.41, 5.74) is 6.54. The zero-order chi connectivity index (χ0) is 17.4. The van der Waals surface area contributed by atoms with Crippen molar-refractivity contribution in [3.05, 3.63) is 18.2 Å². The lowest BCUT2D eigenvalue weighted by Crippen LogP contribution is -2.33. The van der Waals surface area contributed by atoms with Gasteiger partial charge in [0, 0.05) is 18.5 Å². The van der Waals surface area contributed by atoms with Crippen LogP contribution in [0.5, 0.6) is 11.5 Å². The second-order valence-electron chi connectivity index (χ2n) is 5.76. The van der Waals surface area contributed by atoms with Crippen LogP contribution in [0.15, 0.2) is 23.2 Å². The van der Waals surface area contributed by atoms with Crippen molar-refractivity contribution >= 4 is 17.6 Å². The molecule has 1 aliphatic rings. The summed E-state index contributed by atoms with van der Waals surface area (Å²) in [5.74, 6) is 1.57. The van der Waals surface area contributed by atoms with Crippen LogP contribution in [0.1, 0.15) is 32.1 Å². The van der Waals surface area contributed by atoms with Crippen molar-refractivity contribution in [2.24, 2.45) is 10.7 Å². The van der Waals surface area contributed by atoms with E-state index in [2.05, 4.69) is 15.6 Å². The molecule has 24 heavy (non-hydrogen) atoms. The number of methoxy groups -OCH3 is 2. The Morgan fingerprint density at radius 3 is 2.71 bits per heavy atom. The SMILES string of the molecule is COc1ccc(OC)c(NC(N)=NCCC(=O)NC2CCCC2)c1. The molecule has 132 valence electrons. The molecule has 1 aromatic rings. The Kier molecular flexibility index (Phi) is 6.72. The molecule has 0 atom stereocenters. The molecule has 0 radical (unpaired) electrons. The van der Waals surface area contributed by atoms with Gasteiger partial charge >= 0.3 is 0 Å². The van der Waals surface area contributed by atoms with Gasteiger partial charge in [-0.15, -0.1) is 0 Å². The Morgan fingerprint density at radius 2 is 2.04 bits per heavy atom.